The van der Waals surface area contributed by atoms with Crippen LogP contribution in [0.4, 0.5) is 5.69 Å². The SMILES string of the molecule is Cc1nn(C)cc1NC(=O)CN1CCCC1=O. The zero-order valence-electron chi connectivity index (χ0n) is 10.1. The minimum Gasteiger partial charge on any atom is -0.333 e. The second kappa shape index (κ2) is 4.57. The fourth-order valence-corrected chi connectivity index (χ4v) is 1.96. The van der Waals surface area contributed by atoms with E-state index in [1.165, 1.54) is 0 Å². The van der Waals surface area contributed by atoms with E-state index in [1.54, 1.807) is 22.8 Å². The Morgan fingerprint density at radius 1 is 1.59 bits per heavy atom. The van der Waals surface area contributed by atoms with Gasteiger partial charge in [0.2, 0.25) is 11.8 Å². The molecule has 0 unspecified atom stereocenters. The average molecular weight is 236 g/mol. The standard InChI is InChI=1S/C11H16N4O2/c1-8-9(6-14(2)13-8)12-10(16)7-15-5-3-4-11(15)17/h6H,3-5,7H2,1-2H3,(H,12,16). The van der Waals surface area contributed by atoms with Gasteiger partial charge < -0.3 is 10.2 Å². The molecule has 1 aliphatic heterocycles. The number of rotatable bonds is 3. The van der Waals surface area contributed by atoms with Crippen molar-refractivity contribution in [3.05, 3.63) is 11.9 Å². The number of amides is 2. The highest BCUT2D eigenvalue weighted by molar-refractivity contribution is 5.95. The minimum atomic E-state index is -0.170. The van der Waals surface area contributed by atoms with Gasteiger partial charge in [-0.15, -0.1) is 0 Å². The normalized spacial score (nSPS) is 15.4. The molecule has 1 N–H and O–H groups in total. The van der Waals surface area contributed by atoms with Crippen molar-refractivity contribution in [2.75, 3.05) is 18.4 Å². The molecule has 0 atom stereocenters. The second-order valence-electron chi connectivity index (χ2n) is 4.27. The molecular weight excluding hydrogens is 220 g/mol. The van der Waals surface area contributed by atoms with Gasteiger partial charge in [-0.25, -0.2) is 0 Å². The van der Waals surface area contributed by atoms with Crippen LogP contribution in [-0.4, -0.2) is 39.6 Å². The van der Waals surface area contributed by atoms with E-state index in [4.69, 9.17) is 0 Å². The summed E-state index contributed by atoms with van der Waals surface area (Å²) in [7, 11) is 1.80. The summed E-state index contributed by atoms with van der Waals surface area (Å²) in [6.07, 6.45) is 3.15. The van der Waals surface area contributed by atoms with E-state index in [9.17, 15) is 9.59 Å². The highest BCUT2D eigenvalue weighted by Gasteiger charge is 2.22. The van der Waals surface area contributed by atoms with Crippen LogP contribution in [0, 0.1) is 6.92 Å². The van der Waals surface area contributed by atoms with Crippen LogP contribution in [0.3, 0.4) is 0 Å². The van der Waals surface area contributed by atoms with Crippen LogP contribution in [0.5, 0.6) is 0 Å². The molecule has 2 heterocycles. The number of likely N-dealkylation sites (tertiary alicyclic amines) is 1. The van der Waals surface area contributed by atoms with E-state index in [1.807, 2.05) is 6.92 Å². The number of anilines is 1. The largest absolute Gasteiger partial charge is 0.333 e. The highest BCUT2D eigenvalue weighted by Crippen LogP contribution is 2.13. The van der Waals surface area contributed by atoms with Crippen molar-refractivity contribution in [1.29, 1.82) is 0 Å². The number of nitrogens with zero attached hydrogens (tertiary/aromatic N) is 3. The Kier molecular flexibility index (Phi) is 3.12. The van der Waals surface area contributed by atoms with Crippen molar-refractivity contribution in [3.63, 3.8) is 0 Å². The first-order chi connectivity index (χ1) is 8.06. The van der Waals surface area contributed by atoms with Gasteiger partial charge in [-0.1, -0.05) is 0 Å². The lowest BCUT2D eigenvalue weighted by molar-refractivity contribution is -0.131. The Hall–Kier alpha value is -1.85. The highest BCUT2D eigenvalue weighted by atomic mass is 16.2. The number of carbonyl (C=O) groups excluding carboxylic acids is 2. The number of aromatic nitrogens is 2. The molecule has 1 saturated heterocycles. The van der Waals surface area contributed by atoms with Crippen molar-refractivity contribution in [2.45, 2.75) is 19.8 Å². The van der Waals surface area contributed by atoms with Gasteiger partial charge in [0.1, 0.15) is 0 Å². The molecule has 0 spiro atoms. The predicted molar refractivity (Wildman–Crippen MR) is 62.4 cm³/mol. The topological polar surface area (TPSA) is 67.2 Å². The molecule has 6 heteroatoms. The fourth-order valence-electron chi connectivity index (χ4n) is 1.96. The Morgan fingerprint density at radius 3 is 2.88 bits per heavy atom. The number of aryl methyl sites for hydroxylation is 2. The lowest BCUT2D eigenvalue weighted by Gasteiger charge is -2.14. The molecule has 0 radical (unpaired) electrons. The third-order valence-corrected chi connectivity index (χ3v) is 2.79. The van der Waals surface area contributed by atoms with Gasteiger partial charge in [-0.2, -0.15) is 5.10 Å². The quantitative estimate of drug-likeness (QED) is 0.820. The van der Waals surface area contributed by atoms with Crippen molar-refractivity contribution < 1.29 is 9.59 Å². The first-order valence-corrected chi connectivity index (χ1v) is 5.64. The van der Waals surface area contributed by atoms with Gasteiger partial charge in [-0.3, -0.25) is 14.3 Å². The molecule has 6 nitrogen and oxygen atoms in total. The average Bonchev–Trinajstić information content (AvgIpc) is 2.75. The van der Waals surface area contributed by atoms with Gasteiger partial charge in [-0.05, 0) is 13.3 Å². The molecule has 0 bridgehead atoms. The summed E-state index contributed by atoms with van der Waals surface area (Å²) in [5.74, 6) is -0.112. The second-order valence-corrected chi connectivity index (χ2v) is 4.27. The zero-order valence-corrected chi connectivity index (χ0v) is 10.1. The van der Waals surface area contributed by atoms with Gasteiger partial charge in [0, 0.05) is 26.2 Å². The number of carbonyl (C=O) groups is 2. The van der Waals surface area contributed by atoms with Crippen molar-refractivity contribution >= 4 is 17.5 Å². The van der Waals surface area contributed by atoms with Gasteiger partial charge >= 0.3 is 0 Å². The van der Waals surface area contributed by atoms with E-state index in [-0.39, 0.29) is 18.4 Å². The summed E-state index contributed by atoms with van der Waals surface area (Å²) in [4.78, 5) is 24.7. The van der Waals surface area contributed by atoms with Crippen molar-refractivity contribution in [1.82, 2.24) is 14.7 Å². The molecule has 92 valence electrons. The number of nitrogens with one attached hydrogen (secondary N) is 1. The molecule has 2 rings (SSSR count). The maximum atomic E-state index is 11.7. The van der Waals surface area contributed by atoms with Crippen LogP contribution in [-0.2, 0) is 16.6 Å². The van der Waals surface area contributed by atoms with E-state index >= 15 is 0 Å². The monoisotopic (exact) mass is 236 g/mol. The summed E-state index contributed by atoms with van der Waals surface area (Å²) in [6, 6.07) is 0. The van der Waals surface area contributed by atoms with Gasteiger partial charge in [0.05, 0.1) is 17.9 Å². The maximum Gasteiger partial charge on any atom is 0.244 e. The number of hydrogen-bond acceptors (Lipinski definition) is 3. The summed E-state index contributed by atoms with van der Waals surface area (Å²) >= 11 is 0. The number of hydrogen-bond donors (Lipinski definition) is 1. The molecule has 0 aromatic carbocycles. The molecule has 17 heavy (non-hydrogen) atoms. The first-order valence-electron chi connectivity index (χ1n) is 5.64. The minimum absolute atomic E-state index is 0.0584. The zero-order chi connectivity index (χ0) is 12.4. The predicted octanol–water partition coefficient (Wildman–Crippen LogP) is 0.289. The molecule has 1 aromatic heterocycles. The van der Waals surface area contributed by atoms with E-state index < -0.39 is 0 Å². The van der Waals surface area contributed by atoms with Crippen LogP contribution in [0.2, 0.25) is 0 Å². The summed E-state index contributed by atoms with van der Waals surface area (Å²) in [5.41, 5.74) is 1.47. The third-order valence-electron chi connectivity index (χ3n) is 2.79. The van der Waals surface area contributed by atoms with Crippen LogP contribution in [0.15, 0.2) is 6.20 Å². The molecule has 1 aromatic rings. The van der Waals surface area contributed by atoms with Crippen LogP contribution in [0.1, 0.15) is 18.5 Å². The van der Waals surface area contributed by atoms with Crippen LogP contribution < -0.4 is 5.32 Å². The van der Waals surface area contributed by atoms with Crippen molar-refractivity contribution in [2.24, 2.45) is 7.05 Å². The lowest BCUT2D eigenvalue weighted by Crippen LogP contribution is -2.34. The maximum absolute atomic E-state index is 11.7. The van der Waals surface area contributed by atoms with E-state index in [0.29, 0.717) is 18.7 Å². The Bertz CT molecular complexity index is 452. The summed E-state index contributed by atoms with van der Waals surface area (Å²) < 4.78 is 1.64. The Morgan fingerprint density at radius 2 is 2.35 bits per heavy atom. The van der Waals surface area contributed by atoms with Crippen molar-refractivity contribution in [3.8, 4) is 0 Å². The smallest absolute Gasteiger partial charge is 0.244 e. The van der Waals surface area contributed by atoms with E-state index in [2.05, 4.69) is 10.4 Å². The fraction of sp³-hybridized carbons (Fsp3) is 0.545. The Labute approximate surface area is 99.6 Å². The molecule has 1 fully saturated rings. The first kappa shape index (κ1) is 11.6. The summed E-state index contributed by atoms with van der Waals surface area (Å²) in [6.45, 7) is 2.64. The van der Waals surface area contributed by atoms with Crippen LogP contribution >= 0.6 is 0 Å². The molecule has 1 aliphatic rings. The lowest BCUT2D eigenvalue weighted by atomic mass is 10.4. The Balaban J connectivity index is 1.93. The van der Waals surface area contributed by atoms with E-state index in [0.717, 1.165) is 12.1 Å². The molecule has 0 aliphatic carbocycles. The molecular formula is C11H16N4O2. The molecule has 2 amide bonds. The summed E-state index contributed by atoms with van der Waals surface area (Å²) in [5, 5.41) is 6.89. The van der Waals surface area contributed by atoms with Gasteiger partial charge in [0.25, 0.3) is 0 Å². The van der Waals surface area contributed by atoms with Gasteiger partial charge in [0.15, 0.2) is 0 Å². The third kappa shape index (κ3) is 2.64. The molecule has 0 saturated carbocycles. The van der Waals surface area contributed by atoms with Crippen LogP contribution in [0.25, 0.3) is 0 Å².